The predicted molar refractivity (Wildman–Crippen MR) is 109 cm³/mol. The number of rotatable bonds is 7. The van der Waals surface area contributed by atoms with Crippen LogP contribution in [0.25, 0.3) is 11.3 Å². The van der Waals surface area contributed by atoms with Gasteiger partial charge in [0.05, 0.1) is 0 Å². The highest BCUT2D eigenvalue weighted by atomic mass is 35.5. The second-order valence-electron chi connectivity index (χ2n) is 6.45. The normalized spacial score (nSPS) is 11.7. The molecular weight excluding hydrogens is 392 g/mol. The van der Waals surface area contributed by atoms with Crippen LogP contribution in [0.4, 0.5) is 0 Å². The zero-order valence-corrected chi connectivity index (χ0v) is 16.4. The molecule has 1 heterocycles. The van der Waals surface area contributed by atoms with Crippen LogP contribution in [0.2, 0.25) is 5.15 Å². The summed E-state index contributed by atoms with van der Waals surface area (Å²) in [5.41, 5.74) is 7.14. The molecule has 8 heteroatoms. The Kier molecular flexibility index (Phi) is 6.09. The van der Waals surface area contributed by atoms with Crippen LogP contribution < -0.4 is 11.1 Å². The number of Topliss-reactive ketones (excluding diaryl/α,β-unsaturated/α-hetero) is 1. The molecule has 0 aliphatic rings. The molecule has 2 amide bonds. The lowest BCUT2D eigenvalue weighted by Crippen LogP contribution is -2.47. The Bertz CT molecular complexity index is 1050. The Labute approximate surface area is 172 Å². The summed E-state index contributed by atoms with van der Waals surface area (Å²) in [6, 6.07) is 17.0. The number of nitrogens with one attached hydrogen (secondary N) is 1. The highest BCUT2D eigenvalue weighted by Crippen LogP contribution is 2.28. The van der Waals surface area contributed by atoms with Crippen molar-refractivity contribution in [2.45, 2.75) is 12.5 Å². The Morgan fingerprint density at radius 3 is 2.24 bits per heavy atom. The number of nitrogens with two attached hydrogens (primary N) is 1. The van der Waals surface area contributed by atoms with Crippen LogP contribution in [0.1, 0.15) is 15.9 Å². The predicted octanol–water partition coefficient (Wildman–Crippen LogP) is 2.14. The minimum absolute atomic E-state index is 0.117. The molecule has 0 aliphatic heterocycles. The number of halogens is 1. The van der Waals surface area contributed by atoms with Gasteiger partial charge in [-0.05, 0) is 5.56 Å². The molecular formula is C21H19ClN4O3. The van der Waals surface area contributed by atoms with Crippen molar-refractivity contribution in [3.63, 3.8) is 0 Å². The molecule has 1 aromatic heterocycles. The van der Waals surface area contributed by atoms with E-state index in [9.17, 15) is 14.4 Å². The number of aromatic nitrogens is 2. The van der Waals surface area contributed by atoms with Gasteiger partial charge in [-0.3, -0.25) is 19.1 Å². The Balaban J connectivity index is 1.94. The lowest BCUT2D eigenvalue weighted by molar-refractivity contribution is -0.137. The zero-order valence-electron chi connectivity index (χ0n) is 15.6. The first kappa shape index (κ1) is 20.3. The fourth-order valence-corrected chi connectivity index (χ4v) is 3.18. The highest BCUT2D eigenvalue weighted by molar-refractivity contribution is 6.38. The van der Waals surface area contributed by atoms with E-state index in [4.69, 9.17) is 17.3 Å². The number of ketones is 1. The average Bonchev–Trinajstić information content (AvgIpc) is 3.03. The van der Waals surface area contributed by atoms with E-state index < -0.39 is 23.6 Å². The maximum absolute atomic E-state index is 13.0. The third-order valence-corrected chi connectivity index (χ3v) is 4.83. The van der Waals surface area contributed by atoms with Crippen LogP contribution in [-0.4, -0.2) is 33.4 Å². The number of primary amides is 1. The lowest BCUT2D eigenvalue weighted by atomic mass is 10.0. The monoisotopic (exact) mass is 410 g/mol. The first-order chi connectivity index (χ1) is 13.9. The summed E-state index contributed by atoms with van der Waals surface area (Å²) in [5.74, 6) is -2.62. The smallest absolute Gasteiger partial charge is 0.287 e. The summed E-state index contributed by atoms with van der Waals surface area (Å²) < 4.78 is 1.38. The van der Waals surface area contributed by atoms with Crippen molar-refractivity contribution >= 4 is 29.2 Å². The SMILES string of the molecule is Cn1nc(-c2ccccc2)c(C(=O)NC(Cc2ccccc2)C(=O)C(N)=O)c1Cl. The molecule has 1 atom stereocenters. The van der Waals surface area contributed by atoms with E-state index in [1.807, 2.05) is 24.3 Å². The van der Waals surface area contributed by atoms with Gasteiger partial charge in [0, 0.05) is 19.0 Å². The molecule has 3 aromatic rings. The van der Waals surface area contributed by atoms with Crippen LogP contribution in [0, 0.1) is 0 Å². The molecule has 0 fully saturated rings. The fraction of sp³-hybridized carbons (Fsp3) is 0.143. The molecule has 148 valence electrons. The van der Waals surface area contributed by atoms with Gasteiger partial charge in [0.15, 0.2) is 0 Å². The highest BCUT2D eigenvalue weighted by Gasteiger charge is 2.29. The van der Waals surface area contributed by atoms with Crippen molar-refractivity contribution in [2.24, 2.45) is 12.8 Å². The van der Waals surface area contributed by atoms with E-state index in [1.54, 1.807) is 43.4 Å². The maximum atomic E-state index is 13.0. The molecule has 0 bridgehead atoms. The van der Waals surface area contributed by atoms with Crippen LogP contribution in [0.3, 0.4) is 0 Å². The van der Waals surface area contributed by atoms with Gasteiger partial charge in [-0.25, -0.2) is 0 Å². The van der Waals surface area contributed by atoms with Gasteiger partial charge in [-0.2, -0.15) is 5.10 Å². The van der Waals surface area contributed by atoms with Gasteiger partial charge in [0.25, 0.3) is 11.8 Å². The second kappa shape index (κ2) is 8.70. The minimum atomic E-state index is -1.12. The number of amides is 2. The van der Waals surface area contributed by atoms with E-state index in [0.717, 1.165) is 5.56 Å². The van der Waals surface area contributed by atoms with Gasteiger partial charge in [0.2, 0.25) is 5.78 Å². The standard InChI is InChI=1S/C21H19ClN4O3/c1-26-19(22)16(17(25-26)14-10-6-3-7-11-14)21(29)24-15(18(27)20(23)28)12-13-8-4-2-5-9-13/h2-11,15H,12H2,1H3,(H2,23,28)(H,24,29). The molecule has 7 nitrogen and oxygen atoms in total. The topological polar surface area (TPSA) is 107 Å². The molecule has 1 unspecified atom stereocenters. The molecule has 2 aromatic carbocycles. The van der Waals surface area contributed by atoms with Crippen LogP contribution >= 0.6 is 11.6 Å². The average molecular weight is 411 g/mol. The maximum Gasteiger partial charge on any atom is 0.287 e. The molecule has 0 saturated carbocycles. The summed E-state index contributed by atoms with van der Waals surface area (Å²) in [6.07, 6.45) is 0.118. The Morgan fingerprint density at radius 1 is 1.07 bits per heavy atom. The zero-order chi connectivity index (χ0) is 21.0. The van der Waals surface area contributed by atoms with E-state index in [2.05, 4.69) is 10.4 Å². The van der Waals surface area contributed by atoms with E-state index in [0.29, 0.717) is 11.3 Å². The molecule has 3 N–H and O–H groups in total. The molecule has 0 radical (unpaired) electrons. The molecule has 0 spiro atoms. The molecule has 29 heavy (non-hydrogen) atoms. The van der Waals surface area contributed by atoms with Gasteiger partial charge in [-0.15, -0.1) is 0 Å². The molecule has 0 aliphatic carbocycles. The van der Waals surface area contributed by atoms with E-state index in [1.165, 1.54) is 4.68 Å². The quantitative estimate of drug-likeness (QED) is 0.582. The molecule has 3 rings (SSSR count). The van der Waals surface area contributed by atoms with E-state index >= 15 is 0 Å². The summed E-state index contributed by atoms with van der Waals surface area (Å²) in [4.78, 5) is 36.9. The van der Waals surface area contributed by atoms with Crippen LogP contribution in [-0.2, 0) is 23.1 Å². The number of hydrogen-bond acceptors (Lipinski definition) is 4. The Hall–Kier alpha value is -3.45. The van der Waals surface area contributed by atoms with Crippen molar-refractivity contribution in [2.75, 3.05) is 0 Å². The van der Waals surface area contributed by atoms with Crippen molar-refractivity contribution in [1.82, 2.24) is 15.1 Å². The van der Waals surface area contributed by atoms with Crippen molar-refractivity contribution < 1.29 is 14.4 Å². The number of nitrogens with zero attached hydrogens (tertiary/aromatic N) is 2. The first-order valence-electron chi connectivity index (χ1n) is 8.84. The van der Waals surface area contributed by atoms with Crippen molar-refractivity contribution in [1.29, 1.82) is 0 Å². The largest absolute Gasteiger partial charge is 0.363 e. The second-order valence-corrected chi connectivity index (χ2v) is 6.81. The van der Waals surface area contributed by atoms with Crippen molar-refractivity contribution in [3.05, 3.63) is 76.9 Å². The van der Waals surface area contributed by atoms with Crippen molar-refractivity contribution in [3.8, 4) is 11.3 Å². The summed E-state index contributed by atoms with van der Waals surface area (Å²) in [7, 11) is 1.61. The number of hydrogen-bond donors (Lipinski definition) is 2. The third kappa shape index (κ3) is 4.52. The van der Waals surface area contributed by atoms with Gasteiger partial charge in [0.1, 0.15) is 22.5 Å². The number of aryl methyl sites for hydroxylation is 1. The number of carbonyl (C=O) groups is 3. The number of benzene rings is 2. The molecule has 0 saturated heterocycles. The van der Waals surface area contributed by atoms with Crippen LogP contribution in [0.15, 0.2) is 60.7 Å². The third-order valence-electron chi connectivity index (χ3n) is 4.40. The van der Waals surface area contributed by atoms with Crippen LogP contribution in [0.5, 0.6) is 0 Å². The lowest BCUT2D eigenvalue weighted by Gasteiger charge is -2.16. The first-order valence-corrected chi connectivity index (χ1v) is 9.22. The van der Waals surface area contributed by atoms with Gasteiger partial charge >= 0.3 is 0 Å². The van der Waals surface area contributed by atoms with Gasteiger partial charge < -0.3 is 11.1 Å². The number of carbonyl (C=O) groups excluding carboxylic acids is 3. The summed E-state index contributed by atoms with van der Waals surface area (Å²) >= 11 is 6.31. The summed E-state index contributed by atoms with van der Waals surface area (Å²) in [5, 5.41) is 7.04. The Morgan fingerprint density at radius 2 is 1.66 bits per heavy atom. The van der Waals surface area contributed by atoms with E-state index in [-0.39, 0.29) is 17.1 Å². The minimum Gasteiger partial charge on any atom is -0.363 e. The van der Waals surface area contributed by atoms with Gasteiger partial charge in [-0.1, -0.05) is 72.3 Å². The fourth-order valence-electron chi connectivity index (χ4n) is 2.96. The summed E-state index contributed by atoms with van der Waals surface area (Å²) in [6.45, 7) is 0.